The largest absolute Gasteiger partial charge is 0.493 e. The number of carbonyl (C=O) groups is 2. The number of nitrogens with one attached hydrogen (secondary N) is 2. The average molecular weight is 446 g/mol. The van der Waals surface area contributed by atoms with E-state index in [1.807, 2.05) is 0 Å². The smallest absolute Gasteiger partial charge is 0.251 e. The van der Waals surface area contributed by atoms with Crippen LogP contribution in [0.4, 0.5) is 5.00 Å². The highest BCUT2D eigenvalue weighted by Crippen LogP contribution is 2.37. The van der Waals surface area contributed by atoms with E-state index in [0.29, 0.717) is 22.1 Å². The first kappa shape index (κ1) is 21.8. The Bertz CT molecular complexity index is 1010. The maximum Gasteiger partial charge on any atom is 0.251 e. The van der Waals surface area contributed by atoms with Gasteiger partial charge in [-0.25, -0.2) is 0 Å². The van der Waals surface area contributed by atoms with Crippen LogP contribution in [0.25, 0.3) is 6.08 Å². The highest BCUT2D eigenvalue weighted by atomic mass is 32.1. The van der Waals surface area contributed by atoms with Crippen molar-refractivity contribution in [1.29, 1.82) is 0 Å². The molecule has 0 bridgehead atoms. The molecule has 7 nitrogen and oxygen atoms in total. The predicted molar refractivity (Wildman–Crippen MR) is 122 cm³/mol. The summed E-state index contributed by atoms with van der Waals surface area (Å²) >= 11 is 6.71. The number of hydrogen-bond acceptors (Lipinski definition) is 6. The summed E-state index contributed by atoms with van der Waals surface area (Å²) in [7, 11) is 3.10. The number of rotatable bonds is 6. The van der Waals surface area contributed by atoms with E-state index in [1.165, 1.54) is 17.4 Å². The molecular formula is C21H23N3O4S2. The van der Waals surface area contributed by atoms with Crippen molar-refractivity contribution < 1.29 is 19.1 Å². The normalized spacial score (nSPS) is 12.9. The topological polar surface area (TPSA) is 103 Å². The molecule has 0 atom stereocenters. The third kappa shape index (κ3) is 4.98. The van der Waals surface area contributed by atoms with Gasteiger partial charge in [0.25, 0.3) is 5.91 Å². The van der Waals surface area contributed by atoms with Crippen LogP contribution in [0, 0.1) is 0 Å². The van der Waals surface area contributed by atoms with Gasteiger partial charge in [0.15, 0.2) is 16.6 Å². The molecule has 158 valence electrons. The molecular weight excluding hydrogens is 422 g/mol. The maximum absolute atomic E-state index is 12.2. The predicted octanol–water partition coefficient (Wildman–Crippen LogP) is 3.27. The van der Waals surface area contributed by atoms with E-state index in [-0.39, 0.29) is 5.11 Å². The Hall–Kier alpha value is -2.91. The molecule has 3 rings (SSSR count). The zero-order valence-corrected chi connectivity index (χ0v) is 18.4. The van der Waals surface area contributed by atoms with E-state index in [1.54, 1.807) is 38.5 Å². The number of thiophene rings is 1. The molecule has 1 heterocycles. The third-order valence-electron chi connectivity index (χ3n) is 4.72. The lowest BCUT2D eigenvalue weighted by molar-refractivity contribution is -0.115. The molecule has 0 saturated carbocycles. The van der Waals surface area contributed by atoms with Crippen molar-refractivity contribution in [3.63, 3.8) is 0 Å². The van der Waals surface area contributed by atoms with E-state index in [2.05, 4.69) is 10.6 Å². The van der Waals surface area contributed by atoms with Crippen LogP contribution in [0.15, 0.2) is 24.3 Å². The fraction of sp³-hybridized carbons (Fsp3) is 0.286. The third-order valence-corrected chi connectivity index (χ3v) is 6.13. The summed E-state index contributed by atoms with van der Waals surface area (Å²) in [5, 5.41) is 6.24. The van der Waals surface area contributed by atoms with Gasteiger partial charge in [0, 0.05) is 11.0 Å². The molecule has 0 saturated heterocycles. The second kappa shape index (κ2) is 9.73. The van der Waals surface area contributed by atoms with Crippen molar-refractivity contribution in [2.75, 3.05) is 19.5 Å². The molecule has 1 aromatic heterocycles. The number of nitrogens with two attached hydrogens (primary N) is 1. The van der Waals surface area contributed by atoms with E-state index in [0.717, 1.165) is 41.7 Å². The summed E-state index contributed by atoms with van der Waals surface area (Å²) in [6.45, 7) is 0. The molecule has 1 aliphatic rings. The number of methoxy groups -OCH3 is 2. The van der Waals surface area contributed by atoms with Gasteiger partial charge in [-0.2, -0.15) is 0 Å². The maximum atomic E-state index is 12.2. The number of fused-ring (bicyclic) bond motifs is 1. The van der Waals surface area contributed by atoms with Crippen LogP contribution in [0.2, 0.25) is 0 Å². The molecule has 0 fully saturated rings. The van der Waals surface area contributed by atoms with Crippen molar-refractivity contribution in [2.45, 2.75) is 25.7 Å². The van der Waals surface area contributed by atoms with Crippen LogP contribution in [0.1, 0.15) is 39.2 Å². The Kier molecular flexibility index (Phi) is 7.07. The van der Waals surface area contributed by atoms with Crippen molar-refractivity contribution in [3.05, 3.63) is 45.8 Å². The SMILES string of the molecule is COc1ccc(/C=C/C(=O)NC(=S)Nc2sc3c(c2C(N)=O)CCCC3)cc1OC. The Morgan fingerprint density at radius 3 is 2.60 bits per heavy atom. The monoisotopic (exact) mass is 445 g/mol. The highest BCUT2D eigenvalue weighted by molar-refractivity contribution is 7.80. The number of thiocarbonyl (C=S) groups is 1. The number of aryl methyl sites for hydroxylation is 1. The van der Waals surface area contributed by atoms with Gasteiger partial charge in [0.1, 0.15) is 5.00 Å². The van der Waals surface area contributed by atoms with E-state index in [4.69, 9.17) is 27.4 Å². The van der Waals surface area contributed by atoms with E-state index >= 15 is 0 Å². The van der Waals surface area contributed by atoms with Crippen molar-refractivity contribution in [1.82, 2.24) is 5.32 Å². The Morgan fingerprint density at radius 1 is 1.17 bits per heavy atom. The van der Waals surface area contributed by atoms with Gasteiger partial charge in [-0.15, -0.1) is 11.3 Å². The standard InChI is InChI=1S/C21H23N3O4S2/c1-27-14-9-7-12(11-15(14)28-2)8-10-17(25)23-21(29)24-20-18(19(22)26)13-5-3-4-6-16(13)30-20/h7-11H,3-6H2,1-2H3,(H2,22,26)(H2,23,24,25,29)/b10-8+. The quantitative estimate of drug-likeness (QED) is 0.466. The molecule has 2 aromatic rings. The molecule has 1 aliphatic carbocycles. The zero-order chi connectivity index (χ0) is 21.7. The molecule has 0 unspecified atom stereocenters. The van der Waals surface area contributed by atoms with Crippen LogP contribution < -0.4 is 25.8 Å². The summed E-state index contributed by atoms with van der Waals surface area (Å²) in [5.74, 6) is 0.287. The number of hydrogen-bond donors (Lipinski definition) is 3. The second-order valence-electron chi connectivity index (χ2n) is 6.67. The summed E-state index contributed by atoms with van der Waals surface area (Å²) in [6, 6.07) is 5.32. The summed E-state index contributed by atoms with van der Waals surface area (Å²) in [4.78, 5) is 25.3. The lowest BCUT2D eigenvalue weighted by Gasteiger charge is -2.11. The average Bonchev–Trinajstić information content (AvgIpc) is 3.09. The molecule has 0 aliphatic heterocycles. The first-order valence-corrected chi connectivity index (χ1v) is 10.6. The van der Waals surface area contributed by atoms with Crippen LogP contribution in [0.5, 0.6) is 11.5 Å². The number of anilines is 1. The van der Waals surface area contributed by atoms with Crippen LogP contribution >= 0.6 is 23.6 Å². The van der Waals surface area contributed by atoms with E-state index in [9.17, 15) is 9.59 Å². The van der Waals surface area contributed by atoms with Gasteiger partial charge in [-0.3, -0.25) is 14.9 Å². The minimum atomic E-state index is -0.487. The van der Waals surface area contributed by atoms with Gasteiger partial charge in [0.2, 0.25) is 5.91 Å². The second-order valence-corrected chi connectivity index (χ2v) is 8.18. The van der Waals surface area contributed by atoms with Gasteiger partial charge < -0.3 is 20.5 Å². The number of carbonyl (C=O) groups excluding carboxylic acids is 2. The Labute approximate surface area is 184 Å². The Balaban J connectivity index is 1.65. The first-order valence-electron chi connectivity index (χ1n) is 9.39. The van der Waals surface area contributed by atoms with E-state index < -0.39 is 11.8 Å². The highest BCUT2D eigenvalue weighted by Gasteiger charge is 2.24. The van der Waals surface area contributed by atoms with Crippen molar-refractivity contribution >= 4 is 51.6 Å². The van der Waals surface area contributed by atoms with Gasteiger partial charge in [0.05, 0.1) is 19.8 Å². The Morgan fingerprint density at radius 2 is 1.90 bits per heavy atom. The summed E-state index contributed by atoms with van der Waals surface area (Å²) in [5.41, 5.74) is 7.83. The number of benzene rings is 1. The zero-order valence-electron chi connectivity index (χ0n) is 16.7. The molecule has 0 radical (unpaired) electrons. The molecule has 30 heavy (non-hydrogen) atoms. The van der Waals surface area contributed by atoms with Crippen molar-refractivity contribution in [2.24, 2.45) is 5.73 Å². The van der Waals surface area contributed by atoms with Crippen molar-refractivity contribution in [3.8, 4) is 11.5 Å². The van der Waals surface area contributed by atoms with Crippen LogP contribution in [-0.2, 0) is 17.6 Å². The summed E-state index contributed by atoms with van der Waals surface area (Å²) in [6.07, 6.45) is 6.88. The summed E-state index contributed by atoms with van der Waals surface area (Å²) < 4.78 is 10.4. The molecule has 2 amide bonds. The minimum Gasteiger partial charge on any atom is -0.493 e. The van der Waals surface area contributed by atoms with Gasteiger partial charge in [-0.05, 0) is 67.2 Å². The number of primary amides is 1. The van der Waals surface area contributed by atoms with Gasteiger partial charge >= 0.3 is 0 Å². The minimum absolute atomic E-state index is 0.109. The first-order chi connectivity index (χ1) is 14.4. The van der Waals surface area contributed by atoms with Gasteiger partial charge in [-0.1, -0.05) is 6.07 Å². The number of amides is 2. The fourth-order valence-electron chi connectivity index (χ4n) is 3.33. The molecule has 1 aromatic carbocycles. The molecule has 9 heteroatoms. The van der Waals surface area contributed by atoms with Crippen LogP contribution in [-0.4, -0.2) is 31.1 Å². The lowest BCUT2D eigenvalue weighted by atomic mass is 9.95. The van der Waals surface area contributed by atoms with Crippen LogP contribution in [0.3, 0.4) is 0 Å². The number of ether oxygens (including phenoxy) is 2. The molecule has 4 N–H and O–H groups in total. The lowest BCUT2D eigenvalue weighted by Crippen LogP contribution is -2.33. The fourth-order valence-corrected chi connectivity index (χ4v) is 4.90. The molecule has 0 spiro atoms.